The Morgan fingerprint density at radius 1 is 0.951 bits per heavy atom. The summed E-state index contributed by atoms with van der Waals surface area (Å²) in [6, 6.07) is 7.11. The van der Waals surface area contributed by atoms with Gasteiger partial charge in [-0.25, -0.2) is 18.7 Å². The average Bonchev–Trinajstić information content (AvgIpc) is 3.73. The Balaban J connectivity index is 1.47. The molecule has 2 N–H and O–H groups in total. The van der Waals surface area contributed by atoms with Gasteiger partial charge in [-0.2, -0.15) is 13.2 Å². The summed E-state index contributed by atoms with van der Waals surface area (Å²) >= 11 is 6.32. The fourth-order valence-electron chi connectivity index (χ4n) is 4.79. The van der Waals surface area contributed by atoms with Crippen LogP contribution in [0.2, 0.25) is 5.02 Å². The van der Waals surface area contributed by atoms with Gasteiger partial charge in [0.1, 0.15) is 17.5 Å². The Morgan fingerprint density at radius 2 is 1.68 bits per heavy atom. The van der Waals surface area contributed by atoms with E-state index in [2.05, 4.69) is 20.6 Å². The minimum absolute atomic E-state index is 0.0234. The molecule has 1 aliphatic heterocycles. The Morgan fingerprint density at radius 3 is 2.37 bits per heavy atom. The van der Waals surface area contributed by atoms with Gasteiger partial charge in [0.15, 0.2) is 0 Å². The van der Waals surface area contributed by atoms with Crippen molar-refractivity contribution in [2.45, 2.75) is 31.0 Å². The number of alkyl halides is 3. The number of anilines is 1. The van der Waals surface area contributed by atoms with E-state index in [1.807, 2.05) is 0 Å². The largest absolute Gasteiger partial charge is 0.416 e. The molecule has 6 rings (SSSR count). The summed E-state index contributed by atoms with van der Waals surface area (Å²) in [7, 11) is 0. The number of halogens is 6. The number of benzene rings is 3. The Labute approximate surface area is 234 Å². The molecule has 2 heterocycles. The molecule has 208 valence electrons. The number of aromatic nitrogens is 2. The van der Waals surface area contributed by atoms with Crippen LogP contribution in [0.1, 0.15) is 68.0 Å². The second-order valence-corrected chi connectivity index (χ2v) is 10.2. The third-order valence-electron chi connectivity index (χ3n) is 6.94. The van der Waals surface area contributed by atoms with Crippen molar-refractivity contribution in [3.63, 3.8) is 0 Å². The zero-order chi connectivity index (χ0) is 29.1. The highest BCUT2D eigenvalue weighted by atomic mass is 35.5. The molecule has 1 fully saturated rings. The zero-order valence-corrected chi connectivity index (χ0v) is 21.6. The van der Waals surface area contributed by atoms with Crippen LogP contribution >= 0.6 is 11.6 Å². The lowest BCUT2D eigenvalue weighted by molar-refractivity contribution is -0.137. The Hall–Kier alpha value is -4.38. The fourth-order valence-corrected chi connectivity index (χ4v) is 5.02. The van der Waals surface area contributed by atoms with Gasteiger partial charge in [-0.1, -0.05) is 11.6 Å². The van der Waals surface area contributed by atoms with Crippen molar-refractivity contribution in [1.82, 2.24) is 15.3 Å². The van der Waals surface area contributed by atoms with Gasteiger partial charge in [0.25, 0.3) is 11.8 Å². The van der Waals surface area contributed by atoms with Crippen LogP contribution in [0.5, 0.6) is 0 Å². The summed E-state index contributed by atoms with van der Waals surface area (Å²) in [5, 5.41) is 5.38. The van der Waals surface area contributed by atoms with E-state index >= 15 is 0 Å². The van der Waals surface area contributed by atoms with Gasteiger partial charge in [0.2, 0.25) is 0 Å². The van der Waals surface area contributed by atoms with E-state index in [0.29, 0.717) is 35.0 Å². The molecular formula is C29H18ClF5N4O2. The molecule has 2 aliphatic rings. The minimum atomic E-state index is -4.89. The highest BCUT2D eigenvalue weighted by Gasteiger charge is 2.36. The number of hydrogen-bond donors (Lipinski definition) is 2. The summed E-state index contributed by atoms with van der Waals surface area (Å²) in [6.07, 6.45) is 0.248. The summed E-state index contributed by atoms with van der Waals surface area (Å²) in [5.74, 6) is -2.50. The number of carbonyl (C=O) groups excluding carboxylic acids is 2. The first-order chi connectivity index (χ1) is 19.5. The van der Waals surface area contributed by atoms with Crippen LogP contribution in [0.15, 0.2) is 60.9 Å². The molecule has 1 atom stereocenters. The van der Waals surface area contributed by atoms with Gasteiger partial charge in [-0.3, -0.25) is 9.59 Å². The quantitative estimate of drug-likeness (QED) is 0.246. The Bertz CT molecular complexity index is 1720. The van der Waals surface area contributed by atoms with Crippen LogP contribution in [0.3, 0.4) is 0 Å². The van der Waals surface area contributed by atoms with E-state index in [1.165, 1.54) is 12.1 Å². The number of nitrogens with one attached hydrogen (secondary N) is 2. The number of hydrogen-bond acceptors (Lipinski definition) is 4. The van der Waals surface area contributed by atoms with Crippen molar-refractivity contribution in [3.05, 3.63) is 111 Å². The zero-order valence-electron chi connectivity index (χ0n) is 20.8. The maximum Gasteiger partial charge on any atom is 0.416 e. The molecule has 1 saturated carbocycles. The topological polar surface area (TPSA) is 84.0 Å². The summed E-state index contributed by atoms with van der Waals surface area (Å²) in [5.41, 5.74) is -0.440. The minimum Gasteiger partial charge on any atom is -0.341 e. The molecule has 6 nitrogen and oxygen atoms in total. The van der Waals surface area contributed by atoms with E-state index in [1.54, 1.807) is 18.5 Å². The molecule has 1 unspecified atom stereocenters. The van der Waals surface area contributed by atoms with E-state index in [9.17, 15) is 31.5 Å². The molecule has 0 bridgehead atoms. The van der Waals surface area contributed by atoms with Crippen molar-refractivity contribution >= 4 is 29.1 Å². The lowest BCUT2D eigenvalue weighted by Gasteiger charge is -2.19. The summed E-state index contributed by atoms with van der Waals surface area (Å²) in [6.45, 7) is 0. The predicted molar refractivity (Wildman–Crippen MR) is 140 cm³/mol. The maximum absolute atomic E-state index is 14.2. The summed E-state index contributed by atoms with van der Waals surface area (Å²) < 4.78 is 68.1. The van der Waals surface area contributed by atoms with Crippen LogP contribution in [0.4, 0.5) is 27.6 Å². The third-order valence-corrected chi connectivity index (χ3v) is 7.29. The van der Waals surface area contributed by atoms with Crippen molar-refractivity contribution in [2.75, 3.05) is 5.32 Å². The monoisotopic (exact) mass is 584 g/mol. The molecule has 1 aromatic heterocycles. The van der Waals surface area contributed by atoms with Crippen LogP contribution < -0.4 is 10.6 Å². The Kier molecular flexibility index (Phi) is 6.49. The molecule has 0 radical (unpaired) electrons. The SMILES string of the molecule is O=C(Nc1cc(-c2cnc(C3CC3)nc2)cc2c1C(c1cc(F)ccc1Cl)NC2=O)c1cc(F)cc(C(F)(F)F)c1. The number of fused-ring (bicyclic) bond motifs is 1. The third kappa shape index (κ3) is 5.24. The van der Waals surface area contributed by atoms with Crippen LogP contribution in [0.25, 0.3) is 11.1 Å². The van der Waals surface area contributed by atoms with Gasteiger partial charge < -0.3 is 10.6 Å². The molecule has 1 aliphatic carbocycles. The van der Waals surface area contributed by atoms with Gasteiger partial charge in [-0.15, -0.1) is 0 Å². The lowest BCUT2D eigenvalue weighted by atomic mass is 9.93. The highest BCUT2D eigenvalue weighted by molar-refractivity contribution is 6.31. The molecule has 0 spiro atoms. The van der Waals surface area contributed by atoms with Crippen LogP contribution in [0, 0.1) is 11.6 Å². The van der Waals surface area contributed by atoms with Crippen LogP contribution in [-0.2, 0) is 6.18 Å². The van der Waals surface area contributed by atoms with Crippen molar-refractivity contribution in [3.8, 4) is 11.1 Å². The predicted octanol–water partition coefficient (Wildman–Crippen LogP) is 7.06. The van der Waals surface area contributed by atoms with E-state index in [0.717, 1.165) is 25.0 Å². The first kappa shape index (κ1) is 26.8. The first-order valence-corrected chi connectivity index (χ1v) is 12.8. The van der Waals surface area contributed by atoms with Crippen molar-refractivity contribution in [1.29, 1.82) is 0 Å². The first-order valence-electron chi connectivity index (χ1n) is 12.4. The fraction of sp³-hybridized carbons (Fsp3) is 0.172. The molecule has 0 saturated heterocycles. The van der Waals surface area contributed by atoms with E-state index in [4.69, 9.17) is 11.6 Å². The van der Waals surface area contributed by atoms with Crippen molar-refractivity contribution in [2.24, 2.45) is 0 Å². The smallest absolute Gasteiger partial charge is 0.341 e. The molecule has 12 heteroatoms. The number of nitrogens with zero attached hydrogens (tertiary/aromatic N) is 2. The molecule has 3 aromatic carbocycles. The number of amides is 2. The van der Waals surface area contributed by atoms with Crippen molar-refractivity contribution < 1.29 is 31.5 Å². The standard InChI is InChI=1S/C29H18ClF5N4O2/c30-22-4-3-18(31)10-20(22)25-24-21(28(41)39-25)7-14(16-11-36-26(37-12-16)13-1-2-13)8-23(24)38-27(40)15-5-17(29(33,34)35)9-19(32)6-15/h3-13,25H,1-2H2,(H,38,40)(H,39,41). The average molecular weight is 585 g/mol. The molecule has 4 aromatic rings. The second-order valence-electron chi connectivity index (χ2n) is 9.84. The van der Waals surface area contributed by atoms with Crippen LogP contribution in [-0.4, -0.2) is 21.8 Å². The van der Waals surface area contributed by atoms with Gasteiger partial charge in [-0.05, 0) is 66.9 Å². The van der Waals surface area contributed by atoms with Gasteiger partial charge in [0, 0.05) is 56.8 Å². The van der Waals surface area contributed by atoms with Gasteiger partial charge in [0.05, 0.1) is 11.6 Å². The second kappa shape index (κ2) is 9.91. The number of rotatable bonds is 5. The summed E-state index contributed by atoms with van der Waals surface area (Å²) in [4.78, 5) is 35.1. The van der Waals surface area contributed by atoms with E-state index < -0.39 is 46.8 Å². The van der Waals surface area contributed by atoms with E-state index in [-0.39, 0.29) is 33.5 Å². The molecular weight excluding hydrogens is 567 g/mol. The number of carbonyl (C=O) groups is 2. The maximum atomic E-state index is 14.2. The molecule has 2 amide bonds. The lowest BCUT2D eigenvalue weighted by Crippen LogP contribution is -2.21. The normalized spacial score (nSPS) is 16.3. The highest BCUT2D eigenvalue weighted by Crippen LogP contribution is 2.42. The molecule has 41 heavy (non-hydrogen) atoms. The van der Waals surface area contributed by atoms with Gasteiger partial charge >= 0.3 is 6.18 Å².